The lowest BCUT2D eigenvalue weighted by molar-refractivity contribution is -0.384. The number of benzene rings is 3. The average Bonchev–Trinajstić information content (AvgIpc) is 3.38. The summed E-state index contributed by atoms with van der Waals surface area (Å²) in [5, 5.41) is 14.2. The van der Waals surface area contributed by atoms with Crippen LogP contribution in [0.3, 0.4) is 0 Å². The number of anilines is 2. The van der Waals surface area contributed by atoms with Crippen LogP contribution in [0.4, 0.5) is 17.1 Å². The van der Waals surface area contributed by atoms with Gasteiger partial charge in [0.05, 0.1) is 21.8 Å². The molecule has 0 saturated heterocycles. The van der Waals surface area contributed by atoms with Gasteiger partial charge in [-0.15, -0.1) is 0 Å². The first kappa shape index (κ1) is 22.7. The number of aromatic nitrogens is 2. The highest BCUT2D eigenvalue weighted by Gasteiger charge is 2.22. The van der Waals surface area contributed by atoms with Crippen molar-refractivity contribution < 1.29 is 18.1 Å². The minimum Gasteiger partial charge on any atom is -0.322 e. The van der Waals surface area contributed by atoms with Gasteiger partial charge in [0.2, 0.25) is 0 Å². The van der Waals surface area contributed by atoms with Crippen molar-refractivity contribution in [1.82, 2.24) is 9.55 Å². The minimum absolute atomic E-state index is 0.0157. The molecular weight excluding hydrogens is 458 g/mol. The van der Waals surface area contributed by atoms with E-state index in [0.29, 0.717) is 5.69 Å². The molecule has 11 heteroatoms. The Morgan fingerprint density at radius 1 is 1.06 bits per heavy atom. The molecule has 0 spiro atoms. The molecule has 172 valence electrons. The minimum atomic E-state index is -3.88. The fraction of sp³-hybridized carbons (Fsp3) is 0.0435. The number of carbonyl (C=O) groups is 1. The summed E-state index contributed by atoms with van der Waals surface area (Å²) >= 11 is 0. The van der Waals surface area contributed by atoms with Crippen LogP contribution >= 0.6 is 0 Å². The Balaban J connectivity index is 1.59. The van der Waals surface area contributed by atoms with Crippen molar-refractivity contribution in [3.63, 3.8) is 0 Å². The van der Waals surface area contributed by atoms with E-state index in [1.807, 2.05) is 0 Å². The topological polar surface area (TPSA) is 127 Å². The summed E-state index contributed by atoms with van der Waals surface area (Å²) in [6, 6.07) is 18.4. The number of nitro benzene ring substituents is 1. The highest BCUT2D eigenvalue weighted by Crippen LogP contribution is 2.26. The Labute approximate surface area is 195 Å². The molecule has 34 heavy (non-hydrogen) atoms. The van der Waals surface area contributed by atoms with Crippen molar-refractivity contribution in [3.05, 3.63) is 107 Å². The van der Waals surface area contributed by atoms with E-state index in [1.165, 1.54) is 60.5 Å². The molecule has 1 N–H and O–H groups in total. The number of carbonyl (C=O) groups excluding carboxylic acids is 1. The fourth-order valence-electron chi connectivity index (χ4n) is 3.30. The number of amides is 1. The third-order valence-corrected chi connectivity index (χ3v) is 6.87. The van der Waals surface area contributed by atoms with Crippen LogP contribution in [-0.2, 0) is 10.0 Å². The van der Waals surface area contributed by atoms with Crippen LogP contribution in [0.5, 0.6) is 0 Å². The Morgan fingerprint density at radius 3 is 2.50 bits per heavy atom. The first-order chi connectivity index (χ1) is 16.3. The second-order valence-corrected chi connectivity index (χ2v) is 9.19. The van der Waals surface area contributed by atoms with Crippen LogP contribution in [0.2, 0.25) is 0 Å². The van der Waals surface area contributed by atoms with Gasteiger partial charge in [-0.05, 0) is 42.5 Å². The van der Waals surface area contributed by atoms with Crippen molar-refractivity contribution in [2.75, 3.05) is 16.7 Å². The number of para-hydroxylation sites is 1. The summed E-state index contributed by atoms with van der Waals surface area (Å²) in [6.45, 7) is 0. The molecule has 0 unspecified atom stereocenters. The van der Waals surface area contributed by atoms with E-state index in [1.54, 1.807) is 36.5 Å². The summed E-state index contributed by atoms with van der Waals surface area (Å²) in [5.41, 5.74) is 0.754. The van der Waals surface area contributed by atoms with E-state index >= 15 is 0 Å². The summed E-state index contributed by atoms with van der Waals surface area (Å²) in [6.07, 6.45) is 4.46. The van der Waals surface area contributed by atoms with Crippen molar-refractivity contribution in [1.29, 1.82) is 0 Å². The molecule has 0 fully saturated rings. The molecule has 1 heterocycles. The summed E-state index contributed by atoms with van der Waals surface area (Å²) in [4.78, 5) is 27.6. The molecule has 10 nitrogen and oxygen atoms in total. The maximum absolute atomic E-state index is 13.0. The second-order valence-electron chi connectivity index (χ2n) is 7.22. The molecule has 1 amide bonds. The van der Waals surface area contributed by atoms with Gasteiger partial charge in [-0.3, -0.25) is 19.2 Å². The van der Waals surface area contributed by atoms with Crippen molar-refractivity contribution in [2.24, 2.45) is 0 Å². The lowest BCUT2D eigenvalue weighted by atomic mass is 10.1. The van der Waals surface area contributed by atoms with Gasteiger partial charge in [0.15, 0.2) is 0 Å². The molecule has 0 aliphatic carbocycles. The van der Waals surface area contributed by atoms with E-state index < -0.39 is 20.9 Å². The number of sulfonamides is 1. The average molecular weight is 478 g/mol. The largest absolute Gasteiger partial charge is 0.322 e. The quantitative estimate of drug-likeness (QED) is 0.318. The molecule has 0 radical (unpaired) electrons. The molecule has 0 aliphatic heterocycles. The number of imidazole rings is 1. The molecule has 3 aromatic carbocycles. The molecule has 0 atom stereocenters. The molecule has 0 saturated carbocycles. The van der Waals surface area contributed by atoms with Crippen LogP contribution in [-0.4, -0.2) is 35.8 Å². The van der Waals surface area contributed by atoms with Crippen LogP contribution < -0.4 is 9.62 Å². The van der Waals surface area contributed by atoms with Crippen LogP contribution in [0, 0.1) is 10.1 Å². The summed E-state index contributed by atoms with van der Waals surface area (Å²) in [7, 11) is -2.44. The van der Waals surface area contributed by atoms with Crippen LogP contribution in [0.15, 0.2) is 96.4 Å². The zero-order chi connectivity index (χ0) is 24.3. The number of nitrogens with zero attached hydrogens (tertiary/aromatic N) is 4. The normalized spacial score (nSPS) is 11.1. The Bertz CT molecular complexity index is 1450. The van der Waals surface area contributed by atoms with Crippen molar-refractivity contribution >= 4 is 33.0 Å². The number of hydrogen-bond donors (Lipinski definition) is 1. The van der Waals surface area contributed by atoms with Gasteiger partial charge in [-0.25, -0.2) is 13.4 Å². The molecule has 0 aliphatic rings. The first-order valence-corrected chi connectivity index (χ1v) is 11.4. The Hall–Kier alpha value is -4.51. The van der Waals surface area contributed by atoms with E-state index in [2.05, 4.69) is 10.3 Å². The van der Waals surface area contributed by atoms with Crippen molar-refractivity contribution in [3.8, 4) is 5.69 Å². The molecule has 1 aromatic heterocycles. The van der Waals surface area contributed by atoms with Gasteiger partial charge in [-0.1, -0.05) is 24.3 Å². The van der Waals surface area contributed by atoms with E-state index in [0.717, 1.165) is 10.4 Å². The highest BCUT2D eigenvalue weighted by atomic mass is 32.2. The van der Waals surface area contributed by atoms with Crippen molar-refractivity contribution in [2.45, 2.75) is 4.90 Å². The lowest BCUT2D eigenvalue weighted by Gasteiger charge is -2.20. The monoisotopic (exact) mass is 477 g/mol. The Morgan fingerprint density at radius 2 is 1.82 bits per heavy atom. The van der Waals surface area contributed by atoms with Gasteiger partial charge in [0.25, 0.3) is 21.6 Å². The zero-order valence-corrected chi connectivity index (χ0v) is 18.7. The predicted molar refractivity (Wildman–Crippen MR) is 127 cm³/mol. The molecule has 4 rings (SSSR count). The Kier molecular flexibility index (Phi) is 6.11. The standard InChI is InChI=1S/C23H19N5O5S/c1-26(19-7-3-2-4-8-19)34(32,33)20-9-5-6-18(15-20)25-23(29)17-10-11-21(22(14-17)28(30)31)27-13-12-24-16-27/h2-16H,1H3,(H,25,29). The third kappa shape index (κ3) is 4.50. The summed E-state index contributed by atoms with van der Waals surface area (Å²) in [5.74, 6) is -0.619. The lowest BCUT2D eigenvalue weighted by Crippen LogP contribution is -2.26. The molecule has 0 bridgehead atoms. The smallest absolute Gasteiger partial charge is 0.294 e. The number of nitrogens with one attached hydrogen (secondary N) is 1. The highest BCUT2D eigenvalue weighted by molar-refractivity contribution is 7.92. The van der Waals surface area contributed by atoms with E-state index in [4.69, 9.17) is 0 Å². The SMILES string of the molecule is CN(c1ccccc1)S(=O)(=O)c1cccc(NC(=O)c2ccc(-n3ccnc3)c([N+](=O)[O-])c2)c1. The van der Waals surface area contributed by atoms with E-state index in [9.17, 15) is 23.3 Å². The maximum Gasteiger partial charge on any atom is 0.294 e. The van der Waals surface area contributed by atoms with Gasteiger partial charge in [0, 0.05) is 36.8 Å². The first-order valence-electron chi connectivity index (χ1n) is 9.99. The van der Waals surface area contributed by atoms with Crippen LogP contribution in [0.1, 0.15) is 10.4 Å². The third-order valence-electron chi connectivity index (χ3n) is 5.09. The van der Waals surface area contributed by atoms with Gasteiger partial charge in [-0.2, -0.15) is 0 Å². The van der Waals surface area contributed by atoms with E-state index in [-0.39, 0.29) is 27.5 Å². The van der Waals surface area contributed by atoms with Gasteiger partial charge >= 0.3 is 0 Å². The maximum atomic E-state index is 13.0. The summed E-state index contributed by atoms with van der Waals surface area (Å²) < 4.78 is 28.7. The molecule has 4 aromatic rings. The number of hydrogen-bond acceptors (Lipinski definition) is 6. The van der Waals surface area contributed by atoms with Gasteiger partial charge < -0.3 is 9.88 Å². The predicted octanol–water partition coefficient (Wildman–Crippen LogP) is 3.86. The fourth-order valence-corrected chi connectivity index (χ4v) is 4.55. The number of rotatable bonds is 7. The molecular formula is C23H19N5O5S. The van der Waals surface area contributed by atoms with Gasteiger partial charge in [0.1, 0.15) is 5.69 Å². The van der Waals surface area contributed by atoms with Crippen LogP contribution in [0.25, 0.3) is 5.69 Å². The zero-order valence-electron chi connectivity index (χ0n) is 17.9. The second kappa shape index (κ2) is 9.16. The number of nitro groups is 1.